The lowest BCUT2D eigenvalue weighted by Gasteiger charge is -2.35. The molecule has 0 aromatic heterocycles. The molecule has 4 heteroatoms. The van der Waals surface area contributed by atoms with Crippen LogP contribution in [0.5, 0.6) is 0 Å². The predicted molar refractivity (Wildman–Crippen MR) is 85.7 cm³/mol. The van der Waals surface area contributed by atoms with E-state index >= 15 is 0 Å². The molecular weight excluding hydrogens is 308 g/mol. The molecule has 0 aliphatic carbocycles. The minimum absolute atomic E-state index is 0.782. The average Bonchev–Trinajstić information content (AvgIpc) is 2.39. The third-order valence-corrected chi connectivity index (χ3v) is 5.21. The summed E-state index contributed by atoms with van der Waals surface area (Å²) in [5, 5.41) is 4.05. The molecule has 1 N–H and O–H groups in total. The van der Waals surface area contributed by atoms with E-state index in [4.69, 9.17) is 0 Å². The number of anilines is 1. The molecule has 0 radical (unpaired) electrons. The van der Waals surface area contributed by atoms with E-state index in [2.05, 4.69) is 63.0 Å². The lowest BCUT2D eigenvalue weighted by Crippen LogP contribution is -2.38. The van der Waals surface area contributed by atoms with Gasteiger partial charge in [-0.1, -0.05) is 22.9 Å². The van der Waals surface area contributed by atoms with Crippen LogP contribution in [0.15, 0.2) is 22.7 Å². The first kappa shape index (κ1) is 14.2. The molecule has 0 bridgehead atoms. The van der Waals surface area contributed by atoms with E-state index in [0.29, 0.717) is 0 Å². The lowest BCUT2D eigenvalue weighted by atomic mass is 10.1. The summed E-state index contributed by atoms with van der Waals surface area (Å²) in [6.45, 7) is 5.56. The molecule has 1 unspecified atom stereocenters. The standard InChI is InChI=1S/C14H21BrN2S/c1-3-13-10-17(6-7-18-13)14-5-4-12(15)8-11(14)9-16-2/h4-5,8,13,16H,3,6-7,9-10H2,1-2H3. The summed E-state index contributed by atoms with van der Waals surface area (Å²) in [4.78, 5) is 2.55. The Morgan fingerprint density at radius 3 is 3.06 bits per heavy atom. The number of hydrogen-bond acceptors (Lipinski definition) is 3. The maximum atomic E-state index is 3.57. The van der Waals surface area contributed by atoms with Crippen LogP contribution < -0.4 is 10.2 Å². The molecule has 1 aliphatic heterocycles. The van der Waals surface area contributed by atoms with Crippen LogP contribution in [0.1, 0.15) is 18.9 Å². The first-order chi connectivity index (χ1) is 8.74. The highest BCUT2D eigenvalue weighted by atomic mass is 79.9. The minimum atomic E-state index is 0.782. The highest BCUT2D eigenvalue weighted by Crippen LogP contribution is 2.30. The Kier molecular flexibility index (Phi) is 5.39. The molecule has 1 heterocycles. The molecule has 18 heavy (non-hydrogen) atoms. The van der Waals surface area contributed by atoms with Crippen molar-refractivity contribution >= 4 is 33.4 Å². The highest BCUT2D eigenvalue weighted by Gasteiger charge is 2.20. The molecule has 2 nitrogen and oxygen atoms in total. The average molecular weight is 329 g/mol. The summed E-state index contributed by atoms with van der Waals surface area (Å²) in [6, 6.07) is 6.63. The Labute approximate surface area is 123 Å². The lowest BCUT2D eigenvalue weighted by molar-refractivity contribution is 0.719. The van der Waals surface area contributed by atoms with Gasteiger partial charge in [0.1, 0.15) is 0 Å². The van der Waals surface area contributed by atoms with Crippen LogP contribution in [0.25, 0.3) is 0 Å². The van der Waals surface area contributed by atoms with Crippen LogP contribution >= 0.6 is 27.7 Å². The van der Waals surface area contributed by atoms with Crippen molar-refractivity contribution in [2.24, 2.45) is 0 Å². The van der Waals surface area contributed by atoms with Crippen LogP contribution in [0.2, 0.25) is 0 Å². The van der Waals surface area contributed by atoms with E-state index in [9.17, 15) is 0 Å². The molecule has 2 rings (SSSR count). The van der Waals surface area contributed by atoms with Gasteiger partial charge in [-0.3, -0.25) is 0 Å². The highest BCUT2D eigenvalue weighted by molar-refractivity contribution is 9.10. The molecule has 0 spiro atoms. The van der Waals surface area contributed by atoms with E-state index < -0.39 is 0 Å². The van der Waals surface area contributed by atoms with Gasteiger partial charge in [-0.25, -0.2) is 0 Å². The second-order valence-corrected chi connectivity index (χ2v) is 6.97. The number of nitrogens with one attached hydrogen (secondary N) is 1. The number of benzene rings is 1. The molecule has 1 saturated heterocycles. The molecular formula is C14H21BrN2S. The number of halogens is 1. The van der Waals surface area contributed by atoms with E-state index in [1.165, 1.54) is 36.5 Å². The number of nitrogens with zero attached hydrogens (tertiary/aromatic N) is 1. The fourth-order valence-electron chi connectivity index (χ4n) is 2.38. The maximum Gasteiger partial charge on any atom is 0.0413 e. The fraction of sp³-hybridized carbons (Fsp3) is 0.571. The topological polar surface area (TPSA) is 15.3 Å². The molecule has 1 aromatic carbocycles. The summed E-state index contributed by atoms with van der Waals surface area (Å²) in [5.41, 5.74) is 2.78. The molecule has 1 fully saturated rings. The number of thioether (sulfide) groups is 1. The SMILES string of the molecule is CCC1CN(c2ccc(Br)cc2CNC)CCS1. The van der Waals surface area contributed by atoms with Crippen LogP contribution in [-0.2, 0) is 6.54 Å². The van der Waals surface area contributed by atoms with E-state index in [1.54, 1.807) is 0 Å². The monoisotopic (exact) mass is 328 g/mol. The van der Waals surface area contributed by atoms with Gasteiger partial charge >= 0.3 is 0 Å². The first-order valence-corrected chi connectivity index (χ1v) is 8.38. The van der Waals surface area contributed by atoms with Crippen molar-refractivity contribution < 1.29 is 0 Å². The van der Waals surface area contributed by atoms with Crippen LogP contribution in [-0.4, -0.2) is 31.1 Å². The summed E-state index contributed by atoms with van der Waals surface area (Å²) < 4.78 is 1.16. The molecule has 1 aliphatic rings. The van der Waals surface area contributed by atoms with Crippen LogP contribution in [0.3, 0.4) is 0 Å². The second-order valence-electron chi connectivity index (χ2n) is 4.65. The van der Waals surface area contributed by atoms with Crippen molar-refractivity contribution in [1.82, 2.24) is 5.32 Å². The maximum absolute atomic E-state index is 3.57. The zero-order chi connectivity index (χ0) is 13.0. The van der Waals surface area contributed by atoms with Gasteiger partial charge in [0.25, 0.3) is 0 Å². The van der Waals surface area contributed by atoms with Crippen molar-refractivity contribution in [2.45, 2.75) is 25.1 Å². The Bertz CT molecular complexity index is 397. The smallest absolute Gasteiger partial charge is 0.0413 e. The Hall–Kier alpha value is -0.190. The Balaban J connectivity index is 2.20. The van der Waals surface area contributed by atoms with Crippen molar-refractivity contribution in [3.63, 3.8) is 0 Å². The van der Waals surface area contributed by atoms with Gasteiger partial charge in [-0.2, -0.15) is 11.8 Å². The van der Waals surface area contributed by atoms with Gasteiger partial charge in [0.05, 0.1) is 0 Å². The number of rotatable bonds is 4. The largest absolute Gasteiger partial charge is 0.369 e. The van der Waals surface area contributed by atoms with E-state index in [-0.39, 0.29) is 0 Å². The van der Waals surface area contributed by atoms with Gasteiger partial charge in [-0.05, 0) is 37.2 Å². The molecule has 0 amide bonds. The van der Waals surface area contributed by atoms with Crippen molar-refractivity contribution in [3.8, 4) is 0 Å². The summed E-state index contributed by atoms with van der Waals surface area (Å²) >= 11 is 5.68. The van der Waals surface area contributed by atoms with Gasteiger partial charge in [0.15, 0.2) is 0 Å². The van der Waals surface area contributed by atoms with Gasteiger partial charge < -0.3 is 10.2 Å². The summed E-state index contributed by atoms with van der Waals surface area (Å²) in [6.07, 6.45) is 1.26. The molecule has 100 valence electrons. The zero-order valence-electron chi connectivity index (χ0n) is 11.1. The van der Waals surface area contributed by atoms with Gasteiger partial charge in [0.2, 0.25) is 0 Å². The van der Waals surface area contributed by atoms with Crippen LogP contribution in [0.4, 0.5) is 5.69 Å². The van der Waals surface area contributed by atoms with Gasteiger partial charge in [0, 0.05) is 40.8 Å². The Morgan fingerprint density at radius 1 is 1.50 bits per heavy atom. The van der Waals surface area contributed by atoms with Gasteiger partial charge in [-0.15, -0.1) is 0 Å². The van der Waals surface area contributed by atoms with Crippen molar-refractivity contribution in [3.05, 3.63) is 28.2 Å². The first-order valence-electron chi connectivity index (χ1n) is 6.54. The van der Waals surface area contributed by atoms with E-state index in [1.807, 2.05) is 7.05 Å². The zero-order valence-corrected chi connectivity index (χ0v) is 13.5. The Morgan fingerprint density at radius 2 is 2.33 bits per heavy atom. The second kappa shape index (κ2) is 6.83. The fourth-order valence-corrected chi connectivity index (χ4v) is 3.97. The third kappa shape index (κ3) is 3.43. The third-order valence-electron chi connectivity index (χ3n) is 3.34. The van der Waals surface area contributed by atoms with Crippen LogP contribution in [0, 0.1) is 0 Å². The van der Waals surface area contributed by atoms with Crippen molar-refractivity contribution in [2.75, 3.05) is 30.8 Å². The normalized spacial score (nSPS) is 20.2. The molecule has 1 aromatic rings. The summed E-state index contributed by atoms with van der Waals surface area (Å²) in [5.74, 6) is 1.24. The van der Waals surface area contributed by atoms with E-state index in [0.717, 1.165) is 16.3 Å². The quantitative estimate of drug-likeness (QED) is 0.910. The summed E-state index contributed by atoms with van der Waals surface area (Å²) in [7, 11) is 2.01. The molecule has 0 saturated carbocycles. The minimum Gasteiger partial charge on any atom is -0.369 e. The predicted octanol–water partition coefficient (Wildman–Crippen LogP) is 3.50. The molecule has 1 atom stereocenters. The van der Waals surface area contributed by atoms with Crippen molar-refractivity contribution in [1.29, 1.82) is 0 Å². The number of hydrogen-bond donors (Lipinski definition) is 1.